The number of anilines is 1. The average Bonchev–Trinajstić information content (AvgIpc) is 2.28. The minimum absolute atomic E-state index is 0.0264. The molecule has 0 fully saturated rings. The zero-order chi connectivity index (χ0) is 13.8. The van der Waals surface area contributed by atoms with Crippen LogP contribution in [0.15, 0.2) is 18.2 Å². The van der Waals surface area contributed by atoms with Crippen LogP contribution >= 0.6 is 0 Å². The maximum Gasteiger partial charge on any atom is 0.142 e. The number of ether oxygens (including phenoxy) is 1. The maximum absolute atomic E-state index is 5.63. The minimum Gasteiger partial charge on any atom is -0.495 e. The Morgan fingerprint density at radius 2 is 2.00 bits per heavy atom. The van der Waals surface area contributed by atoms with Gasteiger partial charge in [-0.05, 0) is 50.4 Å². The monoisotopic (exact) mass is 250 g/mol. The highest BCUT2D eigenvalue weighted by atomic mass is 16.5. The summed E-state index contributed by atoms with van der Waals surface area (Å²) in [7, 11) is 1.71. The molecular weight excluding hydrogens is 224 g/mol. The Balaban J connectivity index is 2.95. The second-order valence-corrected chi connectivity index (χ2v) is 5.66. The Hall–Kier alpha value is -1.22. The van der Waals surface area contributed by atoms with Crippen molar-refractivity contribution >= 4 is 5.69 Å². The first-order valence-electron chi connectivity index (χ1n) is 6.56. The van der Waals surface area contributed by atoms with E-state index in [0.29, 0.717) is 12.5 Å². The average molecular weight is 250 g/mol. The Kier molecular flexibility index (Phi) is 5.03. The number of rotatable bonds is 6. The van der Waals surface area contributed by atoms with Crippen molar-refractivity contribution in [3.63, 3.8) is 0 Å². The van der Waals surface area contributed by atoms with E-state index in [-0.39, 0.29) is 5.54 Å². The van der Waals surface area contributed by atoms with Crippen LogP contribution in [0.5, 0.6) is 5.75 Å². The number of methoxy groups -OCH3 is 1. The molecule has 1 rings (SSSR count). The number of hydrogen-bond acceptors (Lipinski definition) is 3. The van der Waals surface area contributed by atoms with Gasteiger partial charge < -0.3 is 15.8 Å². The molecule has 102 valence electrons. The van der Waals surface area contributed by atoms with E-state index in [1.165, 1.54) is 5.56 Å². The van der Waals surface area contributed by atoms with Crippen molar-refractivity contribution in [2.45, 2.75) is 45.6 Å². The molecule has 0 bridgehead atoms. The first kappa shape index (κ1) is 14.8. The third kappa shape index (κ3) is 3.91. The van der Waals surface area contributed by atoms with Gasteiger partial charge in [-0.25, -0.2) is 0 Å². The molecule has 0 aliphatic rings. The van der Waals surface area contributed by atoms with Gasteiger partial charge in [-0.2, -0.15) is 0 Å². The largest absolute Gasteiger partial charge is 0.495 e. The van der Waals surface area contributed by atoms with Crippen LogP contribution in [0.3, 0.4) is 0 Å². The summed E-state index contributed by atoms with van der Waals surface area (Å²) in [6.45, 7) is 9.33. The summed E-state index contributed by atoms with van der Waals surface area (Å²) < 4.78 is 5.47. The predicted octanol–water partition coefficient (Wildman–Crippen LogP) is 3.36. The molecule has 0 radical (unpaired) electrons. The lowest BCUT2D eigenvalue weighted by molar-refractivity contribution is 0.413. The van der Waals surface area contributed by atoms with E-state index in [1.807, 2.05) is 0 Å². The molecule has 3 N–H and O–H groups in total. The second-order valence-electron chi connectivity index (χ2n) is 5.66. The fraction of sp³-hybridized carbons (Fsp3) is 0.600. The Labute approximate surface area is 111 Å². The van der Waals surface area contributed by atoms with Gasteiger partial charge in [0, 0.05) is 5.54 Å². The molecule has 0 aromatic heterocycles. The molecular formula is C15H26N2O. The molecule has 0 aliphatic carbocycles. The molecule has 0 saturated heterocycles. The van der Waals surface area contributed by atoms with Crippen molar-refractivity contribution < 1.29 is 4.74 Å². The van der Waals surface area contributed by atoms with E-state index in [4.69, 9.17) is 10.5 Å². The van der Waals surface area contributed by atoms with Crippen molar-refractivity contribution in [1.82, 2.24) is 0 Å². The van der Waals surface area contributed by atoms with E-state index in [9.17, 15) is 0 Å². The minimum atomic E-state index is -0.0264. The van der Waals surface area contributed by atoms with Gasteiger partial charge in [-0.1, -0.05) is 19.9 Å². The van der Waals surface area contributed by atoms with Gasteiger partial charge in [-0.3, -0.25) is 0 Å². The first-order valence-corrected chi connectivity index (χ1v) is 6.56. The highest BCUT2D eigenvalue weighted by Gasteiger charge is 2.18. The molecule has 1 aromatic carbocycles. The first-order chi connectivity index (χ1) is 8.39. The van der Waals surface area contributed by atoms with Gasteiger partial charge >= 0.3 is 0 Å². The number of benzene rings is 1. The van der Waals surface area contributed by atoms with E-state index in [2.05, 4.69) is 51.2 Å². The molecule has 0 atom stereocenters. The van der Waals surface area contributed by atoms with Gasteiger partial charge in [0.05, 0.1) is 12.8 Å². The molecule has 0 saturated carbocycles. The maximum atomic E-state index is 5.63. The SMILES string of the molecule is COc1cc(C(C)C)ccc1NC(C)(C)CCN. The summed E-state index contributed by atoms with van der Waals surface area (Å²) in [6, 6.07) is 6.34. The second kappa shape index (κ2) is 6.10. The highest BCUT2D eigenvalue weighted by Crippen LogP contribution is 2.31. The summed E-state index contributed by atoms with van der Waals surface area (Å²) in [4.78, 5) is 0. The van der Waals surface area contributed by atoms with Crippen molar-refractivity contribution in [3.8, 4) is 5.75 Å². The zero-order valence-electron chi connectivity index (χ0n) is 12.2. The van der Waals surface area contributed by atoms with Crippen LogP contribution in [0.2, 0.25) is 0 Å². The van der Waals surface area contributed by atoms with Gasteiger partial charge in [0.1, 0.15) is 5.75 Å². The van der Waals surface area contributed by atoms with Crippen molar-refractivity contribution in [1.29, 1.82) is 0 Å². The van der Waals surface area contributed by atoms with Crippen LogP contribution in [0.1, 0.15) is 45.6 Å². The van der Waals surface area contributed by atoms with Crippen LogP contribution < -0.4 is 15.8 Å². The third-order valence-corrected chi connectivity index (χ3v) is 3.13. The molecule has 18 heavy (non-hydrogen) atoms. The molecule has 1 aromatic rings. The lowest BCUT2D eigenvalue weighted by Crippen LogP contribution is -2.33. The summed E-state index contributed by atoms with van der Waals surface area (Å²) in [5, 5.41) is 3.50. The molecule has 0 heterocycles. The van der Waals surface area contributed by atoms with E-state index < -0.39 is 0 Å². The quantitative estimate of drug-likeness (QED) is 0.814. The molecule has 0 unspecified atom stereocenters. The summed E-state index contributed by atoms with van der Waals surface area (Å²) >= 11 is 0. The normalized spacial score (nSPS) is 11.7. The van der Waals surface area contributed by atoms with Crippen molar-refractivity contribution in [3.05, 3.63) is 23.8 Å². The van der Waals surface area contributed by atoms with Crippen molar-refractivity contribution in [2.24, 2.45) is 5.73 Å². The molecule has 0 spiro atoms. The van der Waals surface area contributed by atoms with E-state index in [1.54, 1.807) is 7.11 Å². The summed E-state index contributed by atoms with van der Waals surface area (Å²) in [5.41, 5.74) is 7.92. The lowest BCUT2D eigenvalue weighted by atomic mass is 9.98. The molecule has 0 amide bonds. The summed E-state index contributed by atoms with van der Waals surface area (Å²) in [6.07, 6.45) is 0.919. The van der Waals surface area contributed by atoms with E-state index in [0.717, 1.165) is 17.9 Å². The van der Waals surface area contributed by atoms with Gasteiger partial charge in [0.2, 0.25) is 0 Å². The van der Waals surface area contributed by atoms with Gasteiger partial charge in [0.15, 0.2) is 0 Å². The standard InChI is InChI=1S/C15H26N2O/c1-11(2)12-6-7-13(14(10-12)18-5)17-15(3,4)8-9-16/h6-7,10-11,17H,8-9,16H2,1-5H3. The van der Waals surface area contributed by atoms with Crippen LogP contribution in [-0.4, -0.2) is 19.2 Å². The van der Waals surface area contributed by atoms with Crippen LogP contribution in [-0.2, 0) is 0 Å². The Bertz CT molecular complexity index is 386. The number of nitrogens with two attached hydrogens (primary N) is 1. The number of hydrogen-bond donors (Lipinski definition) is 2. The molecule has 3 nitrogen and oxygen atoms in total. The fourth-order valence-corrected chi connectivity index (χ4v) is 1.96. The lowest BCUT2D eigenvalue weighted by Gasteiger charge is -2.28. The van der Waals surface area contributed by atoms with Crippen LogP contribution in [0.4, 0.5) is 5.69 Å². The van der Waals surface area contributed by atoms with Gasteiger partial charge in [0.25, 0.3) is 0 Å². The summed E-state index contributed by atoms with van der Waals surface area (Å²) in [5.74, 6) is 1.40. The smallest absolute Gasteiger partial charge is 0.142 e. The molecule has 0 aliphatic heterocycles. The zero-order valence-corrected chi connectivity index (χ0v) is 12.2. The third-order valence-electron chi connectivity index (χ3n) is 3.13. The highest BCUT2D eigenvalue weighted by molar-refractivity contribution is 5.59. The molecule has 3 heteroatoms. The Morgan fingerprint density at radius 3 is 2.50 bits per heavy atom. The predicted molar refractivity (Wildman–Crippen MR) is 78.5 cm³/mol. The van der Waals surface area contributed by atoms with Gasteiger partial charge in [-0.15, -0.1) is 0 Å². The van der Waals surface area contributed by atoms with Crippen molar-refractivity contribution in [2.75, 3.05) is 19.0 Å². The van der Waals surface area contributed by atoms with Crippen LogP contribution in [0, 0.1) is 0 Å². The topological polar surface area (TPSA) is 47.3 Å². The number of nitrogens with one attached hydrogen (secondary N) is 1. The van der Waals surface area contributed by atoms with Crippen LogP contribution in [0.25, 0.3) is 0 Å². The van der Waals surface area contributed by atoms with E-state index >= 15 is 0 Å². The fourth-order valence-electron chi connectivity index (χ4n) is 1.96. The Morgan fingerprint density at radius 1 is 1.33 bits per heavy atom.